The molecule has 0 saturated heterocycles. The summed E-state index contributed by atoms with van der Waals surface area (Å²) >= 11 is 23.7. The second-order valence-corrected chi connectivity index (χ2v) is 11.8. The Morgan fingerprint density at radius 3 is 2.18 bits per heavy atom. The van der Waals surface area contributed by atoms with Crippen molar-refractivity contribution in [2.24, 2.45) is 10.2 Å². The van der Waals surface area contributed by atoms with Gasteiger partial charge in [-0.15, -0.1) is 10.2 Å². The number of aromatic hydroxyl groups is 2. The molecule has 0 unspecified atom stereocenters. The average molecular weight is 655 g/mol. The Kier molecular flexibility index (Phi) is 7.81. The van der Waals surface area contributed by atoms with Gasteiger partial charge < -0.3 is 15.5 Å². The summed E-state index contributed by atoms with van der Waals surface area (Å²) in [6, 6.07) is 6.14. The smallest absolute Gasteiger partial charge is 0.296 e. The first-order valence-electron chi connectivity index (χ1n) is 9.90. The van der Waals surface area contributed by atoms with Crippen molar-refractivity contribution in [2.45, 2.75) is 9.79 Å². The highest BCUT2D eigenvalue weighted by Gasteiger charge is 2.26. The first-order chi connectivity index (χ1) is 18.1. The van der Waals surface area contributed by atoms with Crippen molar-refractivity contribution in [3.63, 3.8) is 0 Å². The maximum atomic E-state index is 12.2. The van der Waals surface area contributed by atoms with Crippen LogP contribution < -0.4 is 5.32 Å². The first kappa shape index (κ1) is 29.0. The predicted octanol–water partition coefficient (Wildman–Crippen LogP) is 6.31. The van der Waals surface area contributed by atoms with E-state index < -0.39 is 47.2 Å². The van der Waals surface area contributed by atoms with Crippen molar-refractivity contribution in [1.29, 1.82) is 0 Å². The molecule has 1 heterocycles. The van der Waals surface area contributed by atoms with E-state index in [-0.39, 0.29) is 48.4 Å². The number of benzene rings is 3. The van der Waals surface area contributed by atoms with Crippen LogP contribution in [-0.2, 0) is 20.2 Å². The molecule has 3 aromatic carbocycles. The van der Waals surface area contributed by atoms with E-state index in [1.54, 1.807) is 0 Å². The fourth-order valence-corrected chi connectivity index (χ4v) is 5.17. The lowest BCUT2D eigenvalue weighted by atomic mass is 10.1. The Balaban J connectivity index is 2.07. The number of nitrogens with zero attached hydrogens (tertiary/aromatic N) is 4. The minimum absolute atomic E-state index is 0.141. The molecular weight excluding hydrogens is 644 g/mol. The molecule has 0 aliphatic carbocycles. The van der Waals surface area contributed by atoms with E-state index in [0.29, 0.717) is 0 Å². The number of anilines is 2. The quantitative estimate of drug-likeness (QED) is 0.0672. The second kappa shape index (κ2) is 10.5. The summed E-state index contributed by atoms with van der Waals surface area (Å²) in [5, 5.41) is 29.7. The minimum Gasteiger partial charge on any atom is -0.506 e. The zero-order valence-corrected chi connectivity index (χ0v) is 23.2. The average Bonchev–Trinajstić information content (AvgIpc) is 2.82. The van der Waals surface area contributed by atoms with Gasteiger partial charge in [0.2, 0.25) is 5.28 Å². The molecule has 0 amide bonds. The summed E-state index contributed by atoms with van der Waals surface area (Å²) in [5.74, 6) is -1.60. The van der Waals surface area contributed by atoms with E-state index in [1.807, 2.05) is 0 Å². The van der Waals surface area contributed by atoms with Gasteiger partial charge >= 0.3 is 0 Å². The molecule has 4 rings (SSSR count). The van der Waals surface area contributed by atoms with Crippen LogP contribution in [0.25, 0.3) is 10.8 Å². The van der Waals surface area contributed by atoms with Gasteiger partial charge in [-0.3, -0.25) is 9.11 Å². The summed E-state index contributed by atoms with van der Waals surface area (Å²) in [4.78, 5) is 5.74. The standard InChI is InChI=1S/C20H11Cl4N5O8S2/c21-8-1-2-12(30)10(5-8)28-29-16-13(39(35,36)37)4-7-3-9(38(32,33)34)6-11(14(7)17(16)31)25-19-15(22)18(23)26-20(24)27-19/h1-6,30-31H,(H,25,26,27)(H,32,33,34)(H,35,36,37). The number of phenols is 2. The summed E-state index contributed by atoms with van der Waals surface area (Å²) in [6.45, 7) is 0. The molecule has 204 valence electrons. The maximum absolute atomic E-state index is 12.2. The van der Waals surface area contributed by atoms with Crippen LogP contribution in [0.2, 0.25) is 20.5 Å². The lowest BCUT2D eigenvalue weighted by molar-refractivity contribution is 0.471. The molecule has 5 N–H and O–H groups in total. The SMILES string of the molecule is O=S(=O)(O)c1cc(Nc2nc(Cl)nc(Cl)c2Cl)c2c(O)c(N=Nc3cc(Cl)ccc3O)c(S(=O)(=O)O)cc2c1. The number of rotatable bonds is 6. The predicted molar refractivity (Wildman–Crippen MR) is 143 cm³/mol. The third kappa shape index (κ3) is 6.10. The Morgan fingerprint density at radius 1 is 0.846 bits per heavy atom. The third-order valence-electron chi connectivity index (χ3n) is 4.93. The van der Waals surface area contributed by atoms with Crippen LogP contribution in [-0.4, -0.2) is 46.1 Å². The molecule has 0 saturated carbocycles. The Bertz CT molecular complexity index is 1920. The van der Waals surface area contributed by atoms with E-state index >= 15 is 0 Å². The van der Waals surface area contributed by atoms with Crippen molar-refractivity contribution in [3.8, 4) is 11.5 Å². The van der Waals surface area contributed by atoms with Crippen molar-refractivity contribution in [3.05, 3.63) is 56.9 Å². The van der Waals surface area contributed by atoms with Gasteiger partial charge in [-0.1, -0.05) is 34.8 Å². The minimum atomic E-state index is -5.12. The van der Waals surface area contributed by atoms with Crippen LogP contribution in [0.3, 0.4) is 0 Å². The molecule has 0 radical (unpaired) electrons. The number of nitrogens with one attached hydrogen (secondary N) is 1. The topological polar surface area (TPSA) is 212 Å². The number of aromatic nitrogens is 2. The van der Waals surface area contributed by atoms with E-state index in [4.69, 9.17) is 46.4 Å². The van der Waals surface area contributed by atoms with Crippen molar-refractivity contribution < 1.29 is 36.2 Å². The van der Waals surface area contributed by atoms with E-state index in [1.165, 1.54) is 18.2 Å². The highest BCUT2D eigenvalue weighted by molar-refractivity contribution is 7.86. The molecule has 0 aliphatic heterocycles. The number of fused-ring (bicyclic) bond motifs is 1. The number of phenolic OH excluding ortho intramolecular Hbond substituents is 2. The van der Waals surface area contributed by atoms with Gasteiger partial charge in [-0.25, -0.2) is 4.98 Å². The monoisotopic (exact) mass is 653 g/mol. The number of hydrogen-bond donors (Lipinski definition) is 5. The van der Waals surface area contributed by atoms with E-state index in [9.17, 15) is 36.2 Å². The van der Waals surface area contributed by atoms with Crippen molar-refractivity contribution in [2.75, 3.05) is 5.32 Å². The lowest BCUT2D eigenvalue weighted by Gasteiger charge is -2.16. The molecule has 0 bridgehead atoms. The number of hydrogen-bond acceptors (Lipinski definition) is 11. The lowest BCUT2D eigenvalue weighted by Crippen LogP contribution is -2.04. The summed E-state index contributed by atoms with van der Waals surface area (Å²) in [6.07, 6.45) is 0. The van der Waals surface area contributed by atoms with Gasteiger partial charge in [0, 0.05) is 10.4 Å². The normalized spacial score (nSPS) is 12.4. The zero-order chi connectivity index (χ0) is 28.9. The third-order valence-corrected chi connectivity index (χ3v) is 7.76. The zero-order valence-electron chi connectivity index (χ0n) is 18.5. The Labute approximate surface area is 239 Å². The van der Waals surface area contributed by atoms with Gasteiger partial charge in [0.1, 0.15) is 27.0 Å². The van der Waals surface area contributed by atoms with Crippen molar-refractivity contribution in [1.82, 2.24) is 9.97 Å². The maximum Gasteiger partial charge on any atom is 0.296 e. The molecule has 0 atom stereocenters. The summed E-state index contributed by atoms with van der Waals surface area (Å²) in [5.41, 5.74) is -1.34. The van der Waals surface area contributed by atoms with Gasteiger partial charge in [0.25, 0.3) is 20.2 Å². The highest BCUT2D eigenvalue weighted by atomic mass is 35.5. The van der Waals surface area contributed by atoms with Crippen LogP contribution in [0.15, 0.2) is 56.4 Å². The van der Waals surface area contributed by atoms with Crippen molar-refractivity contribution >= 4 is 100 Å². The Hall–Kier alpha value is -3.02. The molecule has 1 aromatic heterocycles. The van der Waals surface area contributed by atoms with Crippen LogP contribution in [0.1, 0.15) is 0 Å². The molecule has 0 aliphatic rings. The first-order valence-corrected chi connectivity index (χ1v) is 14.3. The molecule has 4 aromatic rings. The Morgan fingerprint density at radius 2 is 1.54 bits per heavy atom. The van der Waals surface area contributed by atoms with Crippen LogP contribution >= 0.6 is 46.4 Å². The number of azo groups is 1. The molecular formula is C20H11Cl4N5O8S2. The molecule has 39 heavy (non-hydrogen) atoms. The fraction of sp³-hybridized carbons (Fsp3) is 0. The largest absolute Gasteiger partial charge is 0.506 e. The van der Waals surface area contributed by atoms with Gasteiger partial charge in [-0.2, -0.15) is 21.8 Å². The van der Waals surface area contributed by atoms with E-state index in [0.717, 1.165) is 18.2 Å². The summed E-state index contributed by atoms with van der Waals surface area (Å²) in [7, 11) is -10.0. The van der Waals surface area contributed by atoms with Gasteiger partial charge in [0.05, 0.1) is 10.6 Å². The number of halogens is 4. The summed E-state index contributed by atoms with van der Waals surface area (Å²) < 4.78 is 67.7. The van der Waals surface area contributed by atoms with Gasteiger partial charge in [-0.05, 0) is 53.4 Å². The molecule has 19 heteroatoms. The van der Waals surface area contributed by atoms with Crippen LogP contribution in [0, 0.1) is 0 Å². The van der Waals surface area contributed by atoms with Crippen LogP contribution in [0.5, 0.6) is 11.5 Å². The second-order valence-electron chi connectivity index (χ2n) is 7.50. The molecule has 0 fully saturated rings. The highest BCUT2D eigenvalue weighted by Crippen LogP contribution is 2.46. The molecule has 13 nitrogen and oxygen atoms in total. The fourth-order valence-electron chi connectivity index (χ4n) is 3.29. The van der Waals surface area contributed by atoms with Gasteiger partial charge in [0.15, 0.2) is 16.7 Å². The van der Waals surface area contributed by atoms with Crippen LogP contribution in [0.4, 0.5) is 22.9 Å². The van der Waals surface area contributed by atoms with E-state index in [2.05, 4.69) is 25.5 Å². The molecule has 0 spiro atoms.